The summed E-state index contributed by atoms with van der Waals surface area (Å²) in [4.78, 5) is 24.7. The number of hydrogen-bond acceptors (Lipinski definition) is 3. The van der Waals surface area contributed by atoms with Crippen LogP contribution >= 0.6 is 11.6 Å². The second-order valence-corrected chi connectivity index (χ2v) is 5.31. The summed E-state index contributed by atoms with van der Waals surface area (Å²) in [7, 11) is 1.71. The monoisotopic (exact) mass is 296 g/mol. The number of hydrogen-bond donors (Lipinski definition) is 1. The molecule has 0 bridgehead atoms. The van der Waals surface area contributed by atoms with E-state index in [4.69, 9.17) is 16.3 Å². The van der Waals surface area contributed by atoms with Crippen LogP contribution in [0.4, 0.5) is 4.79 Å². The Morgan fingerprint density at radius 2 is 2.30 bits per heavy atom. The number of carbonyl (C=O) groups excluding carboxylic acids is 2. The van der Waals surface area contributed by atoms with Crippen molar-refractivity contribution in [2.75, 3.05) is 13.7 Å². The highest BCUT2D eigenvalue weighted by atomic mass is 35.5. The second-order valence-electron chi connectivity index (χ2n) is 4.88. The molecule has 1 aromatic rings. The van der Waals surface area contributed by atoms with E-state index in [-0.39, 0.29) is 37.1 Å². The van der Waals surface area contributed by atoms with Gasteiger partial charge in [-0.15, -0.1) is 0 Å². The van der Waals surface area contributed by atoms with Gasteiger partial charge >= 0.3 is 12.0 Å². The Labute approximate surface area is 122 Å². The van der Waals surface area contributed by atoms with E-state index >= 15 is 0 Å². The molecule has 1 N–H and O–H groups in total. The fourth-order valence-electron chi connectivity index (χ4n) is 2.05. The first-order valence-corrected chi connectivity index (χ1v) is 6.79. The molecule has 1 aromatic carbocycles. The predicted octanol–water partition coefficient (Wildman–Crippen LogP) is 2.36. The molecule has 2 rings (SSSR count). The lowest BCUT2D eigenvalue weighted by Crippen LogP contribution is -2.44. The molecule has 1 heterocycles. The zero-order valence-electron chi connectivity index (χ0n) is 11.4. The predicted molar refractivity (Wildman–Crippen MR) is 75.5 cm³/mol. The van der Waals surface area contributed by atoms with Crippen molar-refractivity contribution in [3.05, 3.63) is 34.9 Å². The Hall–Kier alpha value is -1.75. The van der Waals surface area contributed by atoms with Crippen molar-refractivity contribution in [3.8, 4) is 0 Å². The smallest absolute Gasteiger partial charge is 0.317 e. The SMILES string of the molecule is CC(c1cccc(Cl)c1)N(C)C(=O)N[C@@H]1COC(=O)C1. The minimum absolute atomic E-state index is 0.119. The summed E-state index contributed by atoms with van der Waals surface area (Å²) >= 11 is 5.95. The third-order valence-corrected chi connectivity index (χ3v) is 3.65. The highest BCUT2D eigenvalue weighted by molar-refractivity contribution is 6.30. The van der Waals surface area contributed by atoms with Crippen molar-refractivity contribution in [3.63, 3.8) is 0 Å². The number of benzene rings is 1. The molecule has 0 aliphatic carbocycles. The number of carbonyl (C=O) groups is 2. The molecule has 0 radical (unpaired) electrons. The molecule has 6 heteroatoms. The standard InChI is InChI=1S/C14H17ClN2O3/c1-9(10-4-3-5-11(15)6-10)17(2)14(19)16-12-7-13(18)20-8-12/h3-6,9,12H,7-8H2,1-2H3,(H,16,19)/t9?,12-/m0/s1. The molecular formula is C14H17ClN2O3. The number of rotatable bonds is 3. The summed E-state index contributed by atoms with van der Waals surface area (Å²) in [6.45, 7) is 2.16. The van der Waals surface area contributed by atoms with E-state index in [1.54, 1.807) is 18.0 Å². The summed E-state index contributed by atoms with van der Waals surface area (Å²) in [5, 5.41) is 3.42. The molecule has 2 atom stereocenters. The van der Waals surface area contributed by atoms with Gasteiger partial charge in [0.2, 0.25) is 0 Å². The van der Waals surface area contributed by atoms with Crippen LogP contribution in [0.5, 0.6) is 0 Å². The van der Waals surface area contributed by atoms with Crippen LogP contribution in [0.3, 0.4) is 0 Å². The van der Waals surface area contributed by atoms with Crippen LogP contribution < -0.4 is 5.32 Å². The molecule has 1 saturated heterocycles. The van der Waals surface area contributed by atoms with Crippen molar-refractivity contribution in [1.29, 1.82) is 0 Å². The van der Waals surface area contributed by atoms with E-state index in [0.29, 0.717) is 5.02 Å². The highest BCUT2D eigenvalue weighted by Crippen LogP contribution is 2.22. The number of amides is 2. The van der Waals surface area contributed by atoms with Crippen molar-refractivity contribution < 1.29 is 14.3 Å². The van der Waals surface area contributed by atoms with Gasteiger partial charge in [-0.3, -0.25) is 4.79 Å². The van der Waals surface area contributed by atoms with Gasteiger partial charge in [0.15, 0.2) is 0 Å². The normalized spacial score (nSPS) is 19.4. The van der Waals surface area contributed by atoms with Gasteiger partial charge in [-0.05, 0) is 24.6 Å². The lowest BCUT2D eigenvalue weighted by atomic mass is 10.1. The van der Waals surface area contributed by atoms with Gasteiger partial charge in [0, 0.05) is 12.1 Å². The largest absolute Gasteiger partial charge is 0.463 e. The number of nitrogens with zero attached hydrogens (tertiary/aromatic N) is 1. The number of esters is 1. The van der Waals surface area contributed by atoms with Gasteiger partial charge in [-0.2, -0.15) is 0 Å². The second kappa shape index (κ2) is 6.13. The summed E-state index contributed by atoms with van der Waals surface area (Å²) < 4.78 is 4.82. The quantitative estimate of drug-likeness (QED) is 0.871. The van der Waals surface area contributed by atoms with Crippen molar-refractivity contribution in [2.45, 2.75) is 25.4 Å². The minimum Gasteiger partial charge on any atom is -0.463 e. The first-order valence-electron chi connectivity index (χ1n) is 6.42. The summed E-state index contributed by atoms with van der Waals surface area (Å²) in [6, 6.07) is 6.79. The first-order chi connectivity index (χ1) is 9.47. The average molecular weight is 297 g/mol. The average Bonchev–Trinajstić information content (AvgIpc) is 2.82. The summed E-state index contributed by atoms with van der Waals surface area (Å²) in [6.07, 6.45) is 0.227. The van der Waals surface area contributed by atoms with Crippen LogP contribution in [0.25, 0.3) is 0 Å². The van der Waals surface area contributed by atoms with Gasteiger partial charge in [-0.25, -0.2) is 4.79 Å². The first kappa shape index (κ1) is 14.7. The Kier molecular flexibility index (Phi) is 4.49. The number of ether oxygens (including phenoxy) is 1. The van der Waals surface area contributed by atoms with E-state index in [2.05, 4.69) is 5.32 Å². The molecule has 108 valence electrons. The Morgan fingerprint density at radius 1 is 1.55 bits per heavy atom. The minimum atomic E-state index is -0.277. The van der Waals surface area contributed by atoms with Crippen LogP contribution in [0.2, 0.25) is 5.02 Å². The maximum Gasteiger partial charge on any atom is 0.317 e. The molecule has 1 fully saturated rings. The Bertz CT molecular complexity index is 521. The van der Waals surface area contributed by atoms with Gasteiger partial charge in [0.05, 0.1) is 18.5 Å². The Balaban J connectivity index is 1.97. The zero-order valence-corrected chi connectivity index (χ0v) is 12.2. The van der Waals surface area contributed by atoms with Gasteiger partial charge in [0.1, 0.15) is 6.61 Å². The van der Waals surface area contributed by atoms with Gasteiger partial charge in [0.25, 0.3) is 0 Å². The van der Waals surface area contributed by atoms with Crippen molar-refractivity contribution in [1.82, 2.24) is 10.2 Å². The summed E-state index contributed by atoms with van der Waals surface area (Å²) in [5.74, 6) is -0.277. The molecule has 1 aliphatic heterocycles. The maximum absolute atomic E-state index is 12.1. The number of nitrogens with one attached hydrogen (secondary N) is 1. The molecular weight excluding hydrogens is 280 g/mol. The van der Waals surface area contributed by atoms with Gasteiger partial charge < -0.3 is 15.0 Å². The lowest BCUT2D eigenvalue weighted by Gasteiger charge is -2.26. The van der Waals surface area contributed by atoms with E-state index in [9.17, 15) is 9.59 Å². The summed E-state index contributed by atoms with van der Waals surface area (Å²) in [5.41, 5.74) is 0.953. The molecule has 0 spiro atoms. The third kappa shape index (κ3) is 3.42. The van der Waals surface area contributed by atoms with E-state index in [1.165, 1.54) is 0 Å². The number of halogens is 1. The molecule has 5 nitrogen and oxygen atoms in total. The lowest BCUT2D eigenvalue weighted by molar-refractivity contribution is -0.137. The van der Waals surface area contributed by atoms with Crippen LogP contribution in [0.15, 0.2) is 24.3 Å². The maximum atomic E-state index is 12.1. The van der Waals surface area contributed by atoms with Crippen LogP contribution in [0, 0.1) is 0 Å². The molecule has 1 aliphatic rings. The molecule has 0 saturated carbocycles. The Morgan fingerprint density at radius 3 is 2.90 bits per heavy atom. The third-order valence-electron chi connectivity index (χ3n) is 3.42. The fourth-order valence-corrected chi connectivity index (χ4v) is 2.25. The van der Waals surface area contributed by atoms with Gasteiger partial charge in [-0.1, -0.05) is 23.7 Å². The molecule has 1 unspecified atom stereocenters. The van der Waals surface area contributed by atoms with E-state index in [1.807, 2.05) is 25.1 Å². The van der Waals surface area contributed by atoms with Crippen LogP contribution in [0.1, 0.15) is 24.9 Å². The van der Waals surface area contributed by atoms with Crippen molar-refractivity contribution in [2.24, 2.45) is 0 Å². The molecule has 0 aromatic heterocycles. The van der Waals surface area contributed by atoms with Crippen LogP contribution in [-0.2, 0) is 9.53 Å². The molecule has 20 heavy (non-hydrogen) atoms. The molecule has 2 amide bonds. The zero-order chi connectivity index (χ0) is 14.7. The topological polar surface area (TPSA) is 58.6 Å². The van der Waals surface area contributed by atoms with Crippen LogP contribution in [-0.4, -0.2) is 36.6 Å². The van der Waals surface area contributed by atoms with Crippen molar-refractivity contribution >= 4 is 23.6 Å². The number of urea groups is 1. The number of cyclic esters (lactones) is 1. The van der Waals surface area contributed by atoms with E-state index in [0.717, 1.165) is 5.56 Å². The van der Waals surface area contributed by atoms with E-state index < -0.39 is 0 Å². The highest BCUT2D eigenvalue weighted by Gasteiger charge is 2.27. The fraction of sp³-hybridized carbons (Fsp3) is 0.429.